The molecule has 0 aliphatic heterocycles. The summed E-state index contributed by atoms with van der Waals surface area (Å²) in [6.07, 6.45) is 1.53. The van der Waals surface area contributed by atoms with Crippen molar-refractivity contribution in [2.24, 2.45) is 0 Å². The minimum Gasteiger partial charge on any atom is -0.508 e. The first-order valence-corrected chi connectivity index (χ1v) is 7.97. The highest BCUT2D eigenvalue weighted by molar-refractivity contribution is 9.10. The smallest absolute Gasteiger partial charge is 0.314 e. The minimum atomic E-state index is -0.159. The third kappa shape index (κ3) is 5.77. The van der Waals surface area contributed by atoms with Gasteiger partial charge in [0.1, 0.15) is 5.75 Å². The normalized spacial score (nSPS) is 10.2. The molecule has 116 valence electrons. The van der Waals surface area contributed by atoms with E-state index >= 15 is 0 Å². The van der Waals surface area contributed by atoms with Crippen molar-refractivity contribution in [2.75, 3.05) is 13.1 Å². The molecule has 2 amide bonds. The van der Waals surface area contributed by atoms with Crippen LogP contribution in [0.4, 0.5) is 4.79 Å². The van der Waals surface area contributed by atoms with Crippen LogP contribution in [-0.4, -0.2) is 24.2 Å². The molecular weight excluding hydrogens is 344 g/mol. The molecule has 2 aromatic carbocycles. The summed E-state index contributed by atoms with van der Waals surface area (Å²) in [5.41, 5.74) is 2.26. The first-order chi connectivity index (χ1) is 10.6. The summed E-state index contributed by atoms with van der Waals surface area (Å²) in [7, 11) is 0. The van der Waals surface area contributed by atoms with Crippen LogP contribution in [0.25, 0.3) is 0 Å². The molecule has 3 N–H and O–H groups in total. The zero-order valence-corrected chi connectivity index (χ0v) is 13.8. The van der Waals surface area contributed by atoms with Gasteiger partial charge in [0.2, 0.25) is 0 Å². The van der Waals surface area contributed by atoms with E-state index < -0.39 is 0 Å². The van der Waals surface area contributed by atoms with E-state index in [1.54, 1.807) is 12.1 Å². The van der Waals surface area contributed by atoms with Gasteiger partial charge in [-0.05, 0) is 48.2 Å². The number of benzene rings is 2. The number of hydrogen-bond acceptors (Lipinski definition) is 2. The summed E-state index contributed by atoms with van der Waals surface area (Å²) in [6.45, 7) is 1.16. The van der Waals surface area contributed by atoms with Gasteiger partial charge in [-0.1, -0.05) is 40.2 Å². The molecule has 0 atom stereocenters. The van der Waals surface area contributed by atoms with Gasteiger partial charge in [0, 0.05) is 17.6 Å². The third-order valence-corrected chi connectivity index (χ3v) is 3.72. The number of halogens is 1. The molecule has 0 saturated heterocycles. The number of rotatable bonds is 6. The number of aromatic hydroxyl groups is 1. The molecule has 0 aromatic heterocycles. The van der Waals surface area contributed by atoms with E-state index in [2.05, 4.69) is 26.6 Å². The number of phenols is 1. The van der Waals surface area contributed by atoms with E-state index in [4.69, 9.17) is 0 Å². The SMILES string of the molecule is O=C(NCCc1ccc(O)cc1)NCCc1cccc(Br)c1. The molecule has 0 unspecified atom stereocenters. The van der Waals surface area contributed by atoms with Gasteiger partial charge in [0.05, 0.1) is 0 Å². The van der Waals surface area contributed by atoms with E-state index in [1.807, 2.05) is 36.4 Å². The van der Waals surface area contributed by atoms with Gasteiger partial charge in [-0.25, -0.2) is 4.79 Å². The predicted molar refractivity (Wildman–Crippen MR) is 91.1 cm³/mol. The third-order valence-electron chi connectivity index (χ3n) is 3.22. The van der Waals surface area contributed by atoms with Crippen LogP contribution in [0.2, 0.25) is 0 Å². The van der Waals surface area contributed by atoms with Crippen LogP contribution >= 0.6 is 15.9 Å². The predicted octanol–water partition coefficient (Wildman–Crippen LogP) is 3.24. The van der Waals surface area contributed by atoms with Gasteiger partial charge in [0.25, 0.3) is 0 Å². The number of hydrogen-bond donors (Lipinski definition) is 3. The fourth-order valence-electron chi connectivity index (χ4n) is 2.06. The molecule has 0 fully saturated rings. The maximum Gasteiger partial charge on any atom is 0.314 e. The lowest BCUT2D eigenvalue weighted by Crippen LogP contribution is -2.37. The summed E-state index contributed by atoms with van der Waals surface area (Å²) in [5.74, 6) is 0.252. The number of carbonyl (C=O) groups is 1. The lowest BCUT2D eigenvalue weighted by Gasteiger charge is -2.08. The molecule has 0 radical (unpaired) electrons. The zero-order valence-electron chi connectivity index (χ0n) is 12.2. The van der Waals surface area contributed by atoms with Crippen molar-refractivity contribution in [1.82, 2.24) is 10.6 Å². The number of nitrogens with one attached hydrogen (secondary N) is 2. The molecule has 0 aliphatic rings. The van der Waals surface area contributed by atoms with Crippen LogP contribution in [0.15, 0.2) is 53.0 Å². The highest BCUT2D eigenvalue weighted by atomic mass is 79.9. The maximum atomic E-state index is 11.7. The molecule has 22 heavy (non-hydrogen) atoms. The fraction of sp³-hybridized carbons (Fsp3) is 0.235. The summed E-state index contributed by atoms with van der Waals surface area (Å²) in [4.78, 5) is 11.7. The van der Waals surface area contributed by atoms with E-state index in [0.717, 1.165) is 22.9 Å². The lowest BCUT2D eigenvalue weighted by molar-refractivity contribution is 0.241. The average Bonchev–Trinajstić information content (AvgIpc) is 2.49. The van der Waals surface area contributed by atoms with Crippen molar-refractivity contribution < 1.29 is 9.90 Å². The highest BCUT2D eigenvalue weighted by Gasteiger charge is 2.00. The van der Waals surface area contributed by atoms with Crippen LogP contribution in [0.1, 0.15) is 11.1 Å². The molecule has 2 rings (SSSR count). The van der Waals surface area contributed by atoms with Crippen molar-refractivity contribution in [3.8, 4) is 5.75 Å². The molecule has 0 saturated carbocycles. The number of amides is 2. The van der Waals surface area contributed by atoms with Crippen LogP contribution in [0, 0.1) is 0 Å². The molecule has 0 spiro atoms. The van der Waals surface area contributed by atoms with Gasteiger partial charge in [-0.15, -0.1) is 0 Å². The van der Waals surface area contributed by atoms with E-state index in [1.165, 1.54) is 5.56 Å². The van der Waals surface area contributed by atoms with E-state index in [-0.39, 0.29) is 11.8 Å². The van der Waals surface area contributed by atoms with Crippen molar-refractivity contribution in [2.45, 2.75) is 12.8 Å². The maximum absolute atomic E-state index is 11.7. The van der Waals surface area contributed by atoms with Gasteiger partial charge in [-0.3, -0.25) is 0 Å². The Labute approximate surface area is 138 Å². The van der Waals surface area contributed by atoms with Gasteiger partial charge < -0.3 is 15.7 Å². The Balaban J connectivity index is 1.62. The molecule has 0 bridgehead atoms. The standard InChI is InChI=1S/C17H19BrN2O2/c18-15-3-1-2-14(12-15)9-11-20-17(22)19-10-8-13-4-6-16(21)7-5-13/h1-7,12,21H,8-11H2,(H2,19,20,22). The largest absolute Gasteiger partial charge is 0.508 e. The molecule has 0 aliphatic carbocycles. The van der Waals surface area contributed by atoms with Crippen molar-refractivity contribution in [1.29, 1.82) is 0 Å². The second-order valence-corrected chi connectivity index (χ2v) is 5.89. The van der Waals surface area contributed by atoms with Crippen LogP contribution in [0.5, 0.6) is 5.75 Å². The monoisotopic (exact) mass is 362 g/mol. The topological polar surface area (TPSA) is 61.4 Å². The summed E-state index contributed by atoms with van der Waals surface area (Å²) >= 11 is 3.43. The van der Waals surface area contributed by atoms with E-state index in [9.17, 15) is 9.90 Å². The second-order valence-electron chi connectivity index (χ2n) is 4.98. The van der Waals surface area contributed by atoms with Crippen molar-refractivity contribution >= 4 is 22.0 Å². The first-order valence-electron chi connectivity index (χ1n) is 7.17. The Hall–Kier alpha value is -2.01. The number of phenolic OH excluding ortho intramolecular Hbond substituents is 1. The number of urea groups is 1. The zero-order chi connectivity index (χ0) is 15.8. The quantitative estimate of drug-likeness (QED) is 0.738. The van der Waals surface area contributed by atoms with Gasteiger partial charge in [-0.2, -0.15) is 0 Å². The Morgan fingerprint density at radius 1 is 0.955 bits per heavy atom. The molecule has 0 heterocycles. The van der Waals surface area contributed by atoms with Crippen molar-refractivity contribution in [3.05, 3.63) is 64.1 Å². The molecule has 2 aromatic rings. The molecular formula is C17H19BrN2O2. The second kappa shape index (κ2) is 8.44. The minimum absolute atomic E-state index is 0.159. The fourth-order valence-corrected chi connectivity index (χ4v) is 2.50. The van der Waals surface area contributed by atoms with Crippen LogP contribution in [-0.2, 0) is 12.8 Å². The van der Waals surface area contributed by atoms with Crippen LogP contribution < -0.4 is 10.6 Å². The van der Waals surface area contributed by atoms with Crippen molar-refractivity contribution in [3.63, 3.8) is 0 Å². The average molecular weight is 363 g/mol. The van der Waals surface area contributed by atoms with Gasteiger partial charge in [0.15, 0.2) is 0 Å². The summed E-state index contributed by atoms with van der Waals surface area (Å²) in [6, 6.07) is 14.9. The Bertz CT molecular complexity index is 614. The Morgan fingerprint density at radius 2 is 1.59 bits per heavy atom. The lowest BCUT2D eigenvalue weighted by atomic mass is 10.1. The molecule has 5 heteroatoms. The Morgan fingerprint density at radius 3 is 2.23 bits per heavy atom. The summed E-state index contributed by atoms with van der Waals surface area (Å²) < 4.78 is 1.04. The summed E-state index contributed by atoms with van der Waals surface area (Å²) in [5, 5.41) is 14.9. The van der Waals surface area contributed by atoms with Gasteiger partial charge >= 0.3 is 6.03 Å². The van der Waals surface area contributed by atoms with E-state index in [0.29, 0.717) is 13.1 Å². The molecule has 4 nitrogen and oxygen atoms in total. The number of carbonyl (C=O) groups excluding carboxylic acids is 1. The van der Waals surface area contributed by atoms with Crippen LogP contribution in [0.3, 0.4) is 0 Å². The Kier molecular flexibility index (Phi) is 6.27. The first kappa shape index (κ1) is 16.4. The highest BCUT2D eigenvalue weighted by Crippen LogP contribution is 2.11.